The van der Waals surface area contributed by atoms with E-state index in [-0.39, 0.29) is 21.5 Å². The molecule has 0 bridgehead atoms. The number of thiocarbonyl (C=S) groups is 1. The van der Waals surface area contributed by atoms with Gasteiger partial charge in [0.1, 0.15) is 17.1 Å². The molecule has 2 aromatic rings. The maximum atomic E-state index is 12.1. The summed E-state index contributed by atoms with van der Waals surface area (Å²) in [5.41, 5.74) is 5.89. The summed E-state index contributed by atoms with van der Waals surface area (Å²) in [5.74, 6) is 0.402. The lowest BCUT2D eigenvalue weighted by Crippen LogP contribution is -2.24. The molecule has 106 valence electrons. The van der Waals surface area contributed by atoms with Crippen LogP contribution in [0.4, 0.5) is 0 Å². The first kappa shape index (κ1) is 14.9. The summed E-state index contributed by atoms with van der Waals surface area (Å²) in [7, 11) is -3.71. The van der Waals surface area contributed by atoms with E-state index < -0.39 is 10.0 Å². The van der Waals surface area contributed by atoms with Gasteiger partial charge in [-0.3, -0.25) is 5.10 Å². The number of rotatable bonds is 5. The molecule has 4 N–H and O–H groups in total. The summed E-state index contributed by atoms with van der Waals surface area (Å²) in [5, 5.41) is 6.35. The number of hydrogen-bond donors (Lipinski definition) is 3. The fourth-order valence-corrected chi connectivity index (χ4v) is 3.02. The van der Waals surface area contributed by atoms with Gasteiger partial charge in [0.05, 0.1) is 16.5 Å². The second-order valence-corrected chi connectivity index (χ2v) is 6.38. The van der Waals surface area contributed by atoms with E-state index in [0.29, 0.717) is 11.4 Å². The molecule has 0 atom stereocenters. The molecule has 0 unspecified atom stereocenters. The highest BCUT2D eigenvalue weighted by Gasteiger charge is 2.16. The molecule has 1 heterocycles. The van der Waals surface area contributed by atoms with Crippen molar-refractivity contribution in [1.29, 1.82) is 0 Å². The Morgan fingerprint density at radius 2 is 2.25 bits per heavy atom. The minimum Gasteiger partial charge on any atom is -0.389 e. The molecule has 0 spiro atoms. The lowest BCUT2D eigenvalue weighted by Gasteiger charge is -2.08. The minimum atomic E-state index is -3.71. The van der Waals surface area contributed by atoms with Crippen LogP contribution in [-0.4, -0.2) is 28.6 Å². The highest BCUT2D eigenvalue weighted by molar-refractivity contribution is 7.89. The van der Waals surface area contributed by atoms with Gasteiger partial charge in [-0.2, -0.15) is 5.10 Å². The van der Waals surface area contributed by atoms with Crippen LogP contribution >= 0.6 is 23.8 Å². The second kappa shape index (κ2) is 5.83. The molecule has 2 rings (SSSR count). The number of nitrogens with two attached hydrogens (primary N) is 1. The summed E-state index contributed by atoms with van der Waals surface area (Å²) in [6.07, 6.45) is 1.29. The molecule has 0 amide bonds. The van der Waals surface area contributed by atoms with Crippen LogP contribution in [0.2, 0.25) is 5.02 Å². The van der Waals surface area contributed by atoms with Crippen molar-refractivity contribution in [1.82, 2.24) is 19.9 Å². The largest absolute Gasteiger partial charge is 0.389 e. The SMILES string of the molecule is NC(=S)c1ccc(S(=O)(=O)NCc2ncn[nH]2)cc1Cl. The Morgan fingerprint density at radius 1 is 1.50 bits per heavy atom. The first-order valence-electron chi connectivity index (χ1n) is 5.33. The van der Waals surface area contributed by atoms with Crippen molar-refractivity contribution in [3.63, 3.8) is 0 Å². The van der Waals surface area contributed by atoms with E-state index in [0.717, 1.165) is 0 Å². The van der Waals surface area contributed by atoms with Crippen LogP contribution in [0.5, 0.6) is 0 Å². The fourth-order valence-electron chi connectivity index (χ4n) is 1.43. The van der Waals surface area contributed by atoms with Crippen LogP contribution in [0.15, 0.2) is 29.4 Å². The van der Waals surface area contributed by atoms with Crippen LogP contribution < -0.4 is 10.5 Å². The maximum absolute atomic E-state index is 12.1. The molecular formula is C10H10ClN5O2S2. The van der Waals surface area contributed by atoms with Gasteiger partial charge in [-0.1, -0.05) is 23.8 Å². The van der Waals surface area contributed by atoms with Gasteiger partial charge in [-0.25, -0.2) is 18.1 Å². The second-order valence-electron chi connectivity index (χ2n) is 3.76. The van der Waals surface area contributed by atoms with E-state index in [1.807, 2.05) is 0 Å². The third-order valence-corrected chi connectivity index (χ3v) is 4.34. The van der Waals surface area contributed by atoms with Crippen LogP contribution in [0.25, 0.3) is 0 Å². The van der Waals surface area contributed by atoms with Gasteiger partial charge in [-0.15, -0.1) is 0 Å². The molecule has 1 aromatic carbocycles. The zero-order chi connectivity index (χ0) is 14.8. The third-order valence-electron chi connectivity index (χ3n) is 2.41. The quantitative estimate of drug-likeness (QED) is 0.690. The predicted octanol–water partition coefficient (Wildman–Crippen LogP) is 0.571. The zero-order valence-electron chi connectivity index (χ0n) is 10.00. The van der Waals surface area contributed by atoms with E-state index in [1.54, 1.807) is 0 Å². The molecule has 0 fully saturated rings. The number of H-pyrrole nitrogens is 1. The van der Waals surface area contributed by atoms with Gasteiger partial charge >= 0.3 is 0 Å². The van der Waals surface area contributed by atoms with E-state index in [9.17, 15) is 8.42 Å². The van der Waals surface area contributed by atoms with E-state index in [4.69, 9.17) is 29.6 Å². The Kier molecular flexibility index (Phi) is 4.33. The number of hydrogen-bond acceptors (Lipinski definition) is 5. The van der Waals surface area contributed by atoms with Crippen LogP contribution in [-0.2, 0) is 16.6 Å². The highest BCUT2D eigenvalue weighted by atomic mass is 35.5. The fraction of sp³-hybridized carbons (Fsp3) is 0.100. The molecular weight excluding hydrogens is 322 g/mol. The third kappa shape index (κ3) is 3.31. The first-order chi connectivity index (χ1) is 9.40. The predicted molar refractivity (Wildman–Crippen MR) is 77.7 cm³/mol. The Labute approximate surface area is 125 Å². The van der Waals surface area contributed by atoms with Crippen LogP contribution in [0, 0.1) is 0 Å². The summed E-state index contributed by atoms with van der Waals surface area (Å²) < 4.78 is 26.5. The van der Waals surface area contributed by atoms with E-state index in [2.05, 4.69) is 19.9 Å². The monoisotopic (exact) mass is 331 g/mol. The number of halogens is 1. The number of nitrogens with one attached hydrogen (secondary N) is 2. The first-order valence-corrected chi connectivity index (χ1v) is 7.60. The number of benzene rings is 1. The number of nitrogens with zero attached hydrogens (tertiary/aromatic N) is 2. The van der Waals surface area contributed by atoms with E-state index in [1.165, 1.54) is 24.5 Å². The topological polar surface area (TPSA) is 114 Å². The summed E-state index contributed by atoms with van der Waals surface area (Å²) in [4.78, 5) is 3.94. The average molecular weight is 332 g/mol. The van der Waals surface area contributed by atoms with Gasteiger partial charge < -0.3 is 5.73 Å². The molecule has 20 heavy (non-hydrogen) atoms. The lowest BCUT2D eigenvalue weighted by molar-refractivity contribution is 0.579. The van der Waals surface area contributed by atoms with Crippen molar-refractivity contribution >= 4 is 38.8 Å². The Morgan fingerprint density at radius 3 is 2.80 bits per heavy atom. The summed E-state index contributed by atoms with van der Waals surface area (Å²) >= 11 is 10.7. The molecule has 0 aliphatic carbocycles. The van der Waals surface area contributed by atoms with Crippen molar-refractivity contribution in [2.45, 2.75) is 11.4 Å². The highest BCUT2D eigenvalue weighted by Crippen LogP contribution is 2.20. The normalized spacial score (nSPS) is 11.4. The van der Waals surface area contributed by atoms with Crippen molar-refractivity contribution in [3.8, 4) is 0 Å². The van der Waals surface area contributed by atoms with Gasteiger partial charge in [0.25, 0.3) is 0 Å². The van der Waals surface area contributed by atoms with Gasteiger partial charge in [0.15, 0.2) is 0 Å². The van der Waals surface area contributed by atoms with Crippen molar-refractivity contribution in [3.05, 3.63) is 40.9 Å². The van der Waals surface area contributed by atoms with Crippen molar-refractivity contribution < 1.29 is 8.42 Å². The van der Waals surface area contributed by atoms with E-state index >= 15 is 0 Å². The van der Waals surface area contributed by atoms with Crippen LogP contribution in [0.1, 0.15) is 11.4 Å². The number of aromatic amines is 1. The number of sulfonamides is 1. The summed E-state index contributed by atoms with van der Waals surface area (Å²) in [6.45, 7) is -0.00297. The molecule has 10 heteroatoms. The molecule has 1 aromatic heterocycles. The molecule has 0 aliphatic heterocycles. The minimum absolute atomic E-state index is 0.00297. The number of aromatic nitrogens is 3. The Bertz CT molecular complexity index is 730. The molecule has 0 saturated heterocycles. The molecule has 0 saturated carbocycles. The molecule has 7 nitrogen and oxygen atoms in total. The molecule has 0 aliphatic rings. The van der Waals surface area contributed by atoms with Crippen molar-refractivity contribution in [2.24, 2.45) is 5.73 Å². The molecule has 0 radical (unpaired) electrons. The lowest BCUT2D eigenvalue weighted by atomic mass is 10.2. The zero-order valence-corrected chi connectivity index (χ0v) is 12.4. The summed E-state index contributed by atoms with van der Waals surface area (Å²) in [6, 6.07) is 4.13. The van der Waals surface area contributed by atoms with Gasteiger partial charge in [-0.05, 0) is 18.2 Å². The van der Waals surface area contributed by atoms with Gasteiger partial charge in [0.2, 0.25) is 10.0 Å². The maximum Gasteiger partial charge on any atom is 0.241 e. The van der Waals surface area contributed by atoms with Gasteiger partial charge in [0, 0.05) is 5.56 Å². The van der Waals surface area contributed by atoms with Crippen LogP contribution in [0.3, 0.4) is 0 Å². The Balaban J connectivity index is 2.21. The standard InChI is InChI=1S/C10H10ClN5O2S2/c11-8-3-6(1-2-7(8)10(12)19)20(17,18)15-4-9-13-5-14-16-9/h1-3,5,15H,4H2,(H2,12,19)(H,13,14,16). The Hall–Kier alpha value is -1.55. The smallest absolute Gasteiger partial charge is 0.241 e. The van der Waals surface area contributed by atoms with Crippen molar-refractivity contribution in [2.75, 3.05) is 0 Å². The average Bonchev–Trinajstić information content (AvgIpc) is 2.89.